The molecule has 0 radical (unpaired) electrons. The zero-order valence-electron chi connectivity index (χ0n) is 18.1. The summed E-state index contributed by atoms with van der Waals surface area (Å²) in [7, 11) is 0. The van der Waals surface area contributed by atoms with Crippen molar-refractivity contribution < 1.29 is 14.0 Å². The number of benzene rings is 1. The molecular weight excluding hydrogens is 425 g/mol. The van der Waals surface area contributed by atoms with Crippen LogP contribution >= 0.6 is 0 Å². The van der Waals surface area contributed by atoms with Crippen LogP contribution in [-0.4, -0.2) is 49.3 Å². The van der Waals surface area contributed by atoms with Gasteiger partial charge in [-0.3, -0.25) is 19.5 Å². The molecule has 1 saturated carbocycles. The summed E-state index contributed by atoms with van der Waals surface area (Å²) >= 11 is 0. The average Bonchev–Trinajstić information content (AvgIpc) is 3.40. The summed E-state index contributed by atoms with van der Waals surface area (Å²) in [6.45, 7) is 1.48. The molecule has 1 atom stereocenters. The number of nitrogens with one attached hydrogen (secondary N) is 1. The van der Waals surface area contributed by atoms with Crippen LogP contribution in [0.15, 0.2) is 35.1 Å². The van der Waals surface area contributed by atoms with E-state index in [4.69, 9.17) is 4.98 Å². The minimum Gasteiger partial charge on any atom is -0.337 e. The Bertz CT molecular complexity index is 1320. The monoisotopic (exact) mass is 449 g/mol. The summed E-state index contributed by atoms with van der Waals surface area (Å²) < 4.78 is 14.7. The third-order valence-electron chi connectivity index (χ3n) is 6.98. The number of carbonyl (C=O) groups excluding carboxylic acids is 2. The lowest BCUT2D eigenvalue weighted by Gasteiger charge is -2.27. The van der Waals surface area contributed by atoms with Gasteiger partial charge in [0.1, 0.15) is 5.82 Å². The van der Waals surface area contributed by atoms with Crippen LogP contribution in [0.25, 0.3) is 5.65 Å². The molecule has 6 rings (SSSR count). The summed E-state index contributed by atoms with van der Waals surface area (Å²) in [4.78, 5) is 47.1. The summed E-state index contributed by atoms with van der Waals surface area (Å²) in [5, 5.41) is 3.16. The van der Waals surface area contributed by atoms with Crippen LogP contribution < -0.4 is 5.56 Å². The lowest BCUT2D eigenvalue weighted by atomic mass is 10.1. The van der Waals surface area contributed by atoms with Crippen molar-refractivity contribution >= 4 is 17.5 Å². The molecule has 2 aromatic heterocycles. The molecule has 2 aliphatic heterocycles. The highest BCUT2D eigenvalue weighted by molar-refractivity contribution is 5.94. The van der Waals surface area contributed by atoms with Gasteiger partial charge in [-0.2, -0.15) is 0 Å². The van der Waals surface area contributed by atoms with Gasteiger partial charge in [0.2, 0.25) is 5.91 Å². The molecule has 2 fully saturated rings. The van der Waals surface area contributed by atoms with E-state index in [2.05, 4.69) is 5.10 Å². The van der Waals surface area contributed by atoms with Crippen molar-refractivity contribution in [3.05, 3.63) is 69.0 Å². The smallest absolute Gasteiger partial charge is 0.277 e. The second-order valence-electron chi connectivity index (χ2n) is 9.19. The molecule has 4 heterocycles. The van der Waals surface area contributed by atoms with Gasteiger partial charge in [0.15, 0.2) is 5.65 Å². The van der Waals surface area contributed by atoms with Crippen molar-refractivity contribution in [1.29, 1.82) is 0 Å². The topological polar surface area (TPSA) is 90.8 Å². The molecule has 9 heteroatoms. The first-order valence-corrected chi connectivity index (χ1v) is 11.5. The molecule has 1 aromatic carbocycles. The minimum absolute atomic E-state index is 0.120. The fourth-order valence-corrected chi connectivity index (χ4v) is 5.04. The van der Waals surface area contributed by atoms with Crippen molar-refractivity contribution in [2.24, 2.45) is 5.92 Å². The van der Waals surface area contributed by atoms with Crippen molar-refractivity contribution in [3.63, 3.8) is 0 Å². The predicted octanol–water partition coefficient (Wildman–Crippen LogP) is 2.43. The third kappa shape index (κ3) is 3.42. The number of carbonyl (C=O) groups is 2. The number of rotatable bonds is 3. The highest BCUT2D eigenvalue weighted by Crippen LogP contribution is 2.34. The maximum Gasteiger partial charge on any atom is 0.277 e. The summed E-state index contributed by atoms with van der Waals surface area (Å²) in [6.07, 6.45) is 4.04. The molecule has 8 nitrogen and oxygen atoms in total. The normalized spacial score (nSPS) is 20.3. The molecule has 0 unspecified atom stereocenters. The molecule has 170 valence electrons. The maximum atomic E-state index is 13.3. The number of halogens is 1. The van der Waals surface area contributed by atoms with E-state index < -0.39 is 0 Å². The number of hydrogen-bond donors (Lipinski definition) is 1. The fraction of sp³-hybridized carbons (Fsp3) is 0.417. The van der Waals surface area contributed by atoms with Crippen molar-refractivity contribution in [1.82, 2.24) is 24.4 Å². The van der Waals surface area contributed by atoms with Crippen LogP contribution in [0.4, 0.5) is 4.39 Å². The Labute approximate surface area is 189 Å². The van der Waals surface area contributed by atoms with Crippen LogP contribution in [-0.2, 0) is 17.8 Å². The van der Waals surface area contributed by atoms with Gasteiger partial charge in [0, 0.05) is 37.1 Å². The second-order valence-corrected chi connectivity index (χ2v) is 9.19. The number of H-pyrrole nitrogens is 1. The highest BCUT2D eigenvalue weighted by atomic mass is 19.1. The van der Waals surface area contributed by atoms with Gasteiger partial charge in [-0.15, -0.1) is 0 Å². The average molecular weight is 449 g/mol. The van der Waals surface area contributed by atoms with Crippen LogP contribution in [0.3, 0.4) is 0 Å². The van der Waals surface area contributed by atoms with Gasteiger partial charge in [-0.1, -0.05) is 0 Å². The van der Waals surface area contributed by atoms with Crippen molar-refractivity contribution in [2.75, 3.05) is 13.1 Å². The molecule has 1 N–H and O–H groups in total. The van der Waals surface area contributed by atoms with Crippen molar-refractivity contribution in [3.8, 4) is 0 Å². The van der Waals surface area contributed by atoms with Gasteiger partial charge in [0.05, 0.1) is 29.5 Å². The van der Waals surface area contributed by atoms with E-state index in [-0.39, 0.29) is 35.2 Å². The second kappa shape index (κ2) is 7.54. The minimum atomic E-state index is -0.382. The Morgan fingerprint density at radius 1 is 1.09 bits per heavy atom. The Balaban J connectivity index is 1.31. The van der Waals surface area contributed by atoms with Gasteiger partial charge < -0.3 is 9.80 Å². The van der Waals surface area contributed by atoms with E-state index in [0.717, 1.165) is 37.1 Å². The van der Waals surface area contributed by atoms with E-state index in [1.807, 2.05) is 6.07 Å². The Hall–Kier alpha value is -3.49. The third-order valence-corrected chi connectivity index (χ3v) is 6.98. The Morgan fingerprint density at radius 2 is 1.88 bits per heavy atom. The van der Waals surface area contributed by atoms with Gasteiger partial charge in [-0.05, 0) is 49.9 Å². The number of amides is 2. The molecule has 1 saturated heterocycles. The first-order chi connectivity index (χ1) is 16.0. The van der Waals surface area contributed by atoms with Gasteiger partial charge in [0.25, 0.3) is 11.5 Å². The van der Waals surface area contributed by atoms with E-state index in [0.29, 0.717) is 42.8 Å². The zero-order chi connectivity index (χ0) is 22.7. The predicted molar refractivity (Wildman–Crippen MR) is 117 cm³/mol. The summed E-state index contributed by atoms with van der Waals surface area (Å²) in [5.74, 6) is -0.287. The molecular formula is C24H24FN5O3. The van der Waals surface area contributed by atoms with Crippen LogP contribution in [0.1, 0.15) is 59.0 Å². The molecule has 0 spiro atoms. The number of hydrogen-bond acceptors (Lipinski definition) is 4. The number of aromatic amines is 1. The zero-order valence-corrected chi connectivity index (χ0v) is 18.1. The molecule has 3 aliphatic rings. The standard InChI is InChI=1S/C24H24FN5O3/c25-16-7-5-15(6-8-16)23(32)29-10-1-2-20(29)19-12-21-26-18-9-11-28(22(31)14-3-4-14)13-17(18)24(33)30(21)27-19/h5-8,12,14,20,27H,1-4,9-11,13H2/t20-/m0/s1. The Morgan fingerprint density at radius 3 is 2.64 bits per heavy atom. The van der Waals surface area contributed by atoms with Gasteiger partial charge >= 0.3 is 0 Å². The van der Waals surface area contributed by atoms with Gasteiger partial charge in [-0.25, -0.2) is 13.9 Å². The largest absolute Gasteiger partial charge is 0.337 e. The highest BCUT2D eigenvalue weighted by Gasteiger charge is 2.36. The molecule has 1 aliphatic carbocycles. The number of fused-ring (bicyclic) bond motifs is 2. The van der Waals surface area contributed by atoms with E-state index in [1.165, 1.54) is 28.8 Å². The molecule has 2 amide bonds. The Kier molecular flexibility index (Phi) is 4.60. The van der Waals surface area contributed by atoms with Crippen LogP contribution in [0, 0.1) is 11.7 Å². The molecule has 33 heavy (non-hydrogen) atoms. The van der Waals surface area contributed by atoms with Crippen molar-refractivity contribution in [2.45, 2.75) is 44.7 Å². The summed E-state index contributed by atoms with van der Waals surface area (Å²) in [5.41, 5.74) is 2.83. The quantitative estimate of drug-likeness (QED) is 0.665. The first kappa shape index (κ1) is 20.1. The lowest BCUT2D eigenvalue weighted by molar-refractivity contribution is -0.133. The number of likely N-dealkylation sites (tertiary alicyclic amines) is 1. The number of nitrogens with zero attached hydrogens (tertiary/aromatic N) is 4. The SMILES string of the molecule is O=C(C1CC1)N1CCc2nc3cc([C@@H]4CCCN4C(=O)c4ccc(F)cc4)[nH]n3c(=O)c2C1. The fourth-order valence-electron chi connectivity index (χ4n) is 5.04. The summed E-state index contributed by atoms with van der Waals surface area (Å²) in [6, 6.07) is 7.18. The van der Waals surface area contributed by atoms with E-state index in [1.54, 1.807) is 9.80 Å². The van der Waals surface area contributed by atoms with E-state index >= 15 is 0 Å². The number of aromatic nitrogens is 3. The van der Waals surface area contributed by atoms with Crippen LogP contribution in [0.5, 0.6) is 0 Å². The maximum absolute atomic E-state index is 13.3. The lowest BCUT2D eigenvalue weighted by Crippen LogP contribution is -2.40. The molecule has 3 aromatic rings. The van der Waals surface area contributed by atoms with E-state index in [9.17, 15) is 18.8 Å². The molecule has 0 bridgehead atoms. The first-order valence-electron chi connectivity index (χ1n) is 11.5. The van der Waals surface area contributed by atoms with Crippen LogP contribution in [0.2, 0.25) is 0 Å².